The van der Waals surface area contributed by atoms with E-state index >= 15 is 0 Å². The molecule has 1 aromatic heterocycles. The van der Waals surface area contributed by atoms with Gasteiger partial charge in [0.2, 0.25) is 5.91 Å². The quantitative estimate of drug-likeness (QED) is 0.868. The van der Waals surface area contributed by atoms with Crippen molar-refractivity contribution in [2.24, 2.45) is 0 Å². The maximum Gasteiger partial charge on any atom is 0.252 e. The monoisotopic (exact) mass is 391 g/mol. The molecule has 4 rings (SSSR count). The van der Waals surface area contributed by atoms with Crippen LogP contribution in [-0.4, -0.2) is 44.8 Å². The number of aryl methyl sites for hydroxylation is 1. The van der Waals surface area contributed by atoms with Crippen molar-refractivity contribution in [3.63, 3.8) is 0 Å². The summed E-state index contributed by atoms with van der Waals surface area (Å²) in [6.45, 7) is 4.25. The van der Waals surface area contributed by atoms with E-state index in [1.807, 2.05) is 31.2 Å². The Morgan fingerprint density at radius 1 is 1.12 bits per heavy atom. The van der Waals surface area contributed by atoms with Crippen molar-refractivity contribution in [1.82, 2.24) is 4.31 Å². The first-order valence-corrected chi connectivity index (χ1v) is 11.0. The molecule has 0 spiro atoms. The number of amides is 1. The summed E-state index contributed by atoms with van der Waals surface area (Å²) in [5, 5.41) is 2.84. The van der Waals surface area contributed by atoms with Crippen LogP contribution in [0.3, 0.4) is 0 Å². The Balaban J connectivity index is 1.46. The normalized spacial score (nSPS) is 18.0. The molecular weight excluding hydrogens is 370 g/mol. The highest BCUT2D eigenvalue weighted by molar-refractivity contribution is 7.91. The number of carbonyl (C=O) groups excluding carboxylic acids is 1. The number of carbonyl (C=O) groups is 1. The lowest BCUT2D eigenvalue weighted by atomic mass is 10.1. The third-order valence-electron chi connectivity index (χ3n) is 4.90. The molecule has 1 N–H and O–H groups in total. The SMILES string of the molecule is CCc1ccc(S(=O)(=O)N2CCN(c3ccc4c(c3)CC(=O)N4)CC2)s1. The molecule has 26 heavy (non-hydrogen) atoms. The number of benzene rings is 1. The van der Waals surface area contributed by atoms with Crippen molar-refractivity contribution in [1.29, 1.82) is 0 Å². The molecule has 1 amide bonds. The molecule has 3 heterocycles. The third kappa shape index (κ3) is 3.13. The Bertz CT molecular complexity index is 944. The minimum atomic E-state index is -3.40. The van der Waals surface area contributed by atoms with Crippen molar-refractivity contribution < 1.29 is 13.2 Å². The molecule has 0 atom stereocenters. The van der Waals surface area contributed by atoms with E-state index in [1.165, 1.54) is 11.3 Å². The largest absolute Gasteiger partial charge is 0.369 e. The summed E-state index contributed by atoms with van der Waals surface area (Å²) in [6, 6.07) is 9.56. The number of rotatable bonds is 4. The van der Waals surface area contributed by atoms with Crippen LogP contribution in [-0.2, 0) is 27.7 Å². The zero-order valence-corrected chi connectivity index (χ0v) is 16.2. The van der Waals surface area contributed by atoms with Crippen LogP contribution in [0.25, 0.3) is 0 Å². The number of anilines is 2. The number of hydrogen-bond donors (Lipinski definition) is 1. The van der Waals surface area contributed by atoms with Gasteiger partial charge in [0.1, 0.15) is 4.21 Å². The fourth-order valence-corrected chi connectivity index (χ4v) is 6.29. The summed E-state index contributed by atoms with van der Waals surface area (Å²) in [5.41, 5.74) is 2.93. The van der Waals surface area contributed by atoms with Crippen molar-refractivity contribution in [2.45, 2.75) is 24.0 Å². The summed E-state index contributed by atoms with van der Waals surface area (Å²) in [6.07, 6.45) is 1.26. The summed E-state index contributed by atoms with van der Waals surface area (Å²) in [4.78, 5) is 14.8. The zero-order valence-electron chi connectivity index (χ0n) is 14.6. The average Bonchev–Trinajstić information content (AvgIpc) is 3.27. The second-order valence-electron chi connectivity index (χ2n) is 6.53. The standard InChI is InChI=1S/C18H21N3O3S2/c1-2-15-4-6-18(25-15)26(23,24)21-9-7-20(8-10-21)14-3-5-16-13(11-14)12-17(22)19-16/h3-6,11H,2,7-10,12H2,1H3,(H,19,22). The second kappa shape index (κ2) is 6.68. The van der Waals surface area contributed by atoms with Crippen LogP contribution in [0.4, 0.5) is 11.4 Å². The average molecular weight is 392 g/mol. The third-order valence-corrected chi connectivity index (χ3v) is 8.49. The van der Waals surface area contributed by atoms with E-state index in [1.54, 1.807) is 10.4 Å². The van der Waals surface area contributed by atoms with Gasteiger partial charge < -0.3 is 10.2 Å². The summed E-state index contributed by atoms with van der Waals surface area (Å²) < 4.78 is 27.7. The van der Waals surface area contributed by atoms with Crippen molar-refractivity contribution in [2.75, 3.05) is 36.4 Å². The molecule has 1 saturated heterocycles. The van der Waals surface area contributed by atoms with Gasteiger partial charge in [0, 0.05) is 42.4 Å². The highest BCUT2D eigenvalue weighted by Gasteiger charge is 2.30. The summed E-state index contributed by atoms with van der Waals surface area (Å²) in [7, 11) is -3.40. The highest BCUT2D eigenvalue weighted by Crippen LogP contribution is 2.30. The number of sulfonamides is 1. The van der Waals surface area contributed by atoms with E-state index < -0.39 is 10.0 Å². The number of nitrogens with one attached hydrogen (secondary N) is 1. The maximum atomic E-state index is 12.8. The van der Waals surface area contributed by atoms with E-state index in [9.17, 15) is 13.2 Å². The van der Waals surface area contributed by atoms with E-state index in [-0.39, 0.29) is 5.91 Å². The molecule has 0 saturated carbocycles. The fourth-order valence-electron chi connectivity index (χ4n) is 3.41. The molecule has 8 heteroatoms. The van der Waals surface area contributed by atoms with Crippen LogP contribution in [0.15, 0.2) is 34.5 Å². The first-order chi connectivity index (χ1) is 12.5. The molecule has 2 aliphatic rings. The molecule has 0 aliphatic carbocycles. The lowest BCUT2D eigenvalue weighted by molar-refractivity contribution is -0.115. The lowest BCUT2D eigenvalue weighted by Gasteiger charge is -2.35. The van der Waals surface area contributed by atoms with Gasteiger partial charge in [-0.15, -0.1) is 11.3 Å². The minimum absolute atomic E-state index is 0.0236. The summed E-state index contributed by atoms with van der Waals surface area (Å²) in [5.74, 6) is 0.0236. The fraction of sp³-hybridized carbons (Fsp3) is 0.389. The molecule has 2 aliphatic heterocycles. The molecule has 0 unspecified atom stereocenters. The first-order valence-electron chi connectivity index (χ1n) is 8.74. The Hall–Kier alpha value is -1.90. The van der Waals surface area contributed by atoms with Gasteiger partial charge in [-0.25, -0.2) is 8.42 Å². The first kappa shape index (κ1) is 17.5. The second-order valence-corrected chi connectivity index (χ2v) is 9.86. The van der Waals surface area contributed by atoms with Crippen LogP contribution < -0.4 is 10.2 Å². The lowest BCUT2D eigenvalue weighted by Crippen LogP contribution is -2.48. The van der Waals surface area contributed by atoms with Gasteiger partial charge in [-0.1, -0.05) is 6.92 Å². The predicted molar refractivity (Wildman–Crippen MR) is 103 cm³/mol. The Kier molecular flexibility index (Phi) is 4.50. The molecule has 0 bridgehead atoms. The zero-order chi connectivity index (χ0) is 18.3. The summed E-state index contributed by atoms with van der Waals surface area (Å²) >= 11 is 1.36. The number of nitrogens with zero attached hydrogens (tertiary/aromatic N) is 2. The molecule has 2 aromatic rings. The van der Waals surface area contributed by atoms with Gasteiger partial charge in [-0.2, -0.15) is 4.31 Å². The van der Waals surface area contributed by atoms with E-state index in [4.69, 9.17) is 0 Å². The predicted octanol–water partition coefficient (Wildman–Crippen LogP) is 2.32. The van der Waals surface area contributed by atoms with Gasteiger partial charge >= 0.3 is 0 Å². The van der Waals surface area contributed by atoms with E-state index in [0.29, 0.717) is 36.8 Å². The molecule has 138 valence electrons. The van der Waals surface area contributed by atoms with Gasteiger partial charge in [0.15, 0.2) is 0 Å². The van der Waals surface area contributed by atoms with Crippen LogP contribution in [0, 0.1) is 0 Å². The maximum absolute atomic E-state index is 12.8. The van der Waals surface area contributed by atoms with Gasteiger partial charge in [-0.05, 0) is 42.3 Å². The van der Waals surface area contributed by atoms with E-state index in [2.05, 4.69) is 10.2 Å². The molecule has 1 fully saturated rings. The van der Waals surface area contributed by atoms with Crippen molar-refractivity contribution >= 4 is 38.6 Å². The number of thiophene rings is 1. The van der Waals surface area contributed by atoms with Crippen LogP contribution in [0.5, 0.6) is 0 Å². The number of fused-ring (bicyclic) bond motifs is 1. The Morgan fingerprint density at radius 3 is 2.58 bits per heavy atom. The van der Waals surface area contributed by atoms with Crippen molar-refractivity contribution in [3.8, 4) is 0 Å². The minimum Gasteiger partial charge on any atom is -0.369 e. The van der Waals surface area contributed by atoms with Gasteiger partial charge in [0.25, 0.3) is 10.0 Å². The van der Waals surface area contributed by atoms with Crippen LogP contribution in [0.1, 0.15) is 17.4 Å². The van der Waals surface area contributed by atoms with Gasteiger partial charge in [0.05, 0.1) is 6.42 Å². The molecule has 0 radical (unpaired) electrons. The van der Waals surface area contributed by atoms with Gasteiger partial charge in [-0.3, -0.25) is 4.79 Å². The topological polar surface area (TPSA) is 69.7 Å². The number of hydrogen-bond acceptors (Lipinski definition) is 5. The smallest absolute Gasteiger partial charge is 0.252 e. The molecular formula is C18H21N3O3S2. The Morgan fingerprint density at radius 2 is 1.88 bits per heavy atom. The van der Waals surface area contributed by atoms with Crippen LogP contribution >= 0.6 is 11.3 Å². The molecule has 6 nitrogen and oxygen atoms in total. The van der Waals surface area contributed by atoms with Crippen LogP contribution in [0.2, 0.25) is 0 Å². The highest BCUT2D eigenvalue weighted by atomic mass is 32.2. The molecule has 1 aromatic carbocycles. The van der Waals surface area contributed by atoms with E-state index in [0.717, 1.165) is 28.2 Å². The van der Waals surface area contributed by atoms with Crippen molar-refractivity contribution in [3.05, 3.63) is 40.8 Å². The Labute approximate surface area is 157 Å². The number of piperazine rings is 1.